The maximum atomic E-state index is 4.52. The third kappa shape index (κ3) is 2.07. The van der Waals surface area contributed by atoms with Gasteiger partial charge in [0, 0.05) is 30.8 Å². The molecule has 1 atom stereocenters. The number of nitrogens with one attached hydrogen (secondary N) is 1. The minimum atomic E-state index is 0.721. The van der Waals surface area contributed by atoms with Crippen molar-refractivity contribution in [3.05, 3.63) is 17.7 Å². The number of hydrogen-bond donors (Lipinski definition) is 1. The van der Waals surface area contributed by atoms with Crippen LogP contribution in [0.5, 0.6) is 0 Å². The van der Waals surface area contributed by atoms with Gasteiger partial charge < -0.3 is 9.88 Å². The molecule has 0 saturated carbocycles. The Hall–Kier alpha value is -0.830. The highest BCUT2D eigenvalue weighted by Crippen LogP contribution is 2.30. The number of fused-ring (bicyclic) bond motifs is 1. The van der Waals surface area contributed by atoms with Crippen molar-refractivity contribution in [3.8, 4) is 0 Å². The molecule has 0 amide bonds. The maximum Gasteiger partial charge on any atom is 0.108 e. The van der Waals surface area contributed by atoms with E-state index < -0.39 is 0 Å². The van der Waals surface area contributed by atoms with Crippen LogP contribution in [0.25, 0.3) is 0 Å². The highest BCUT2D eigenvalue weighted by atomic mass is 15.1. The third-order valence-corrected chi connectivity index (χ3v) is 3.38. The molecule has 0 fully saturated rings. The van der Waals surface area contributed by atoms with E-state index in [1.807, 2.05) is 7.05 Å². The number of imidazole rings is 1. The van der Waals surface area contributed by atoms with Crippen molar-refractivity contribution in [2.45, 2.75) is 45.1 Å². The van der Waals surface area contributed by atoms with Crippen LogP contribution in [-0.2, 0) is 13.0 Å². The highest BCUT2D eigenvalue weighted by Gasteiger charge is 2.21. The van der Waals surface area contributed by atoms with Gasteiger partial charge in [0.05, 0.1) is 0 Å². The van der Waals surface area contributed by atoms with Gasteiger partial charge >= 0.3 is 0 Å². The van der Waals surface area contributed by atoms with Crippen LogP contribution < -0.4 is 5.32 Å². The van der Waals surface area contributed by atoms with Crippen molar-refractivity contribution in [1.82, 2.24) is 14.9 Å². The van der Waals surface area contributed by atoms with E-state index >= 15 is 0 Å². The molecule has 1 aliphatic rings. The van der Waals surface area contributed by atoms with Crippen molar-refractivity contribution in [3.63, 3.8) is 0 Å². The summed E-state index contributed by atoms with van der Waals surface area (Å²) >= 11 is 0. The zero-order chi connectivity index (χ0) is 10.7. The van der Waals surface area contributed by atoms with Gasteiger partial charge in [0.15, 0.2) is 0 Å². The van der Waals surface area contributed by atoms with Crippen molar-refractivity contribution >= 4 is 0 Å². The summed E-state index contributed by atoms with van der Waals surface area (Å²) in [4.78, 5) is 4.52. The molecule has 1 aromatic rings. The fraction of sp³-hybridized carbons (Fsp3) is 0.750. The minimum Gasteiger partial charge on any atom is -0.332 e. The standard InChI is InChI=1S/C12H21N3/c1-3-12-14-9-11-10(6-7-13-2)5-4-8-15(11)12/h9-10,13H,3-8H2,1-2H3. The molecule has 0 aromatic carbocycles. The van der Waals surface area contributed by atoms with Gasteiger partial charge in [0.25, 0.3) is 0 Å². The van der Waals surface area contributed by atoms with Crippen molar-refractivity contribution < 1.29 is 0 Å². The average Bonchev–Trinajstić information content (AvgIpc) is 2.69. The van der Waals surface area contributed by atoms with Crippen molar-refractivity contribution in [1.29, 1.82) is 0 Å². The second kappa shape index (κ2) is 4.79. The number of nitrogens with zero attached hydrogens (tertiary/aromatic N) is 2. The van der Waals surface area contributed by atoms with Gasteiger partial charge in [-0.05, 0) is 32.9 Å². The van der Waals surface area contributed by atoms with E-state index in [1.165, 1.54) is 37.3 Å². The van der Waals surface area contributed by atoms with Gasteiger partial charge in [-0.3, -0.25) is 0 Å². The largest absolute Gasteiger partial charge is 0.332 e. The van der Waals surface area contributed by atoms with E-state index in [-0.39, 0.29) is 0 Å². The second-order valence-corrected chi connectivity index (χ2v) is 4.34. The van der Waals surface area contributed by atoms with Gasteiger partial charge in [0.2, 0.25) is 0 Å². The summed E-state index contributed by atoms with van der Waals surface area (Å²) in [6, 6.07) is 0. The van der Waals surface area contributed by atoms with Crippen LogP contribution in [0.3, 0.4) is 0 Å². The lowest BCUT2D eigenvalue weighted by atomic mass is 9.93. The van der Waals surface area contributed by atoms with Crippen LogP contribution in [0.2, 0.25) is 0 Å². The molecular weight excluding hydrogens is 186 g/mol. The first-order valence-electron chi connectivity index (χ1n) is 6.05. The Kier molecular flexibility index (Phi) is 3.41. The SMILES string of the molecule is CCc1ncc2n1CCCC2CCNC. The predicted octanol–water partition coefficient (Wildman–Crippen LogP) is 1.93. The molecule has 0 aliphatic carbocycles. The van der Waals surface area contributed by atoms with E-state index in [1.54, 1.807) is 0 Å². The molecule has 0 saturated heterocycles. The Bertz CT molecular complexity index is 317. The van der Waals surface area contributed by atoms with Gasteiger partial charge in [-0.25, -0.2) is 4.98 Å². The van der Waals surface area contributed by atoms with Gasteiger partial charge in [-0.1, -0.05) is 6.92 Å². The molecule has 2 rings (SSSR count). The second-order valence-electron chi connectivity index (χ2n) is 4.34. The molecule has 0 bridgehead atoms. The number of rotatable bonds is 4. The summed E-state index contributed by atoms with van der Waals surface area (Å²) in [5.41, 5.74) is 1.47. The molecule has 3 nitrogen and oxygen atoms in total. The summed E-state index contributed by atoms with van der Waals surface area (Å²) in [6.07, 6.45) is 7.03. The normalized spacial score (nSPS) is 20.3. The summed E-state index contributed by atoms with van der Waals surface area (Å²) in [5.74, 6) is 1.98. The summed E-state index contributed by atoms with van der Waals surface area (Å²) < 4.78 is 2.43. The fourth-order valence-corrected chi connectivity index (χ4v) is 2.55. The lowest BCUT2D eigenvalue weighted by Gasteiger charge is -2.25. The summed E-state index contributed by atoms with van der Waals surface area (Å²) in [6.45, 7) is 4.47. The molecule has 0 spiro atoms. The Labute approximate surface area is 91.9 Å². The smallest absolute Gasteiger partial charge is 0.108 e. The van der Waals surface area contributed by atoms with Gasteiger partial charge in [-0.2, -0.15) is 0 Å². The van der Waals surface area contributed by atoms with Crippen LogP contribution in [0, 0.1) is 0 Å². The summed E-state index contributed by atoms with van der Waals surface area (Å²) in [5, 5.41) is 3.24. The Balaban J connectivity index is 2.15. The molecule has 0 radical (unpaired) electrons. The third-order valence-electron chi connectivity index (χ3n) is 3.38. The molecule has 84 valence electrons. The van der Waals surface area contributed by atoms with Crippen LogP contribution >= 0.6 is 0 Å². The topological polar surface area (TPSA) is 29.9 Å². The molecule has 1 N–H and O–H groups in total. The molecular formula is C12H21N3. The zero-order valence-corrected chi connectivity index (χ0v) is 9.79. The first-order valence-corrected chi connectivity index (χ1v) is 6.05. The minimum absolute atomic E-state index is 0.721. The van der Waals surface area contributed by atoms with Crippen LogP contribution in [-0.4, -0.2) is 23.1 Å². The van der Waals surface area contributed by atoms with E-state index in [9.17, 15) is 0 Å². The molecule has 15 heavy (non-hydrogen) atoms. The highest BCUT2D eigenvalue weighted by molar-refractivity contribution is 5.13. The lowest BCUT2D eigenvalue weighted by Crippen LogP contribution is -2.20. The lowest BCUT2D eigenvalue weighted by molar-refractivity contribution is 0.424. The van der Waals surface area contributed by atoms with Crippen LogP contribution in [0.15, 0.2) is 6.20 Å². The Morgan fingerprint density at radius 3 is 3.20 bits per heavy atom. The average molecular weight is 207 g/mol. The molecule has 1 aliphatic heterocycles. The van der Waals surface area contributed by atoms with E-state index in [2.05, 4.69) is 28.0 Å². The van der Waals surface area contributed by atoms with Crippen LogP contribution in [0.4, 0.5) is 0 Å². The van der Waals surface area contributed by atoms with Crippen LogP contribution in [0.1, 0.15) is 43.6 Å². The van der Waals surface area contributed by atoms with E-state index in [4.69, 9.17) is 0 Å². The fourth-order valence-electron chi connectivity index (χ4n) is 2.55. The van der Waals surface area contributed by atoms with Gasteiger partial charge in [-0.15, -0.1) is 0 Å². The van der Waals surface area contributed by atoms with E-state index in [0.29, 0.717) is 0 Å². The quantitative estimate of drug-likeness (QED) is 0.817. The molecule has 1 unspecified atom stereocenters. The Morgan fingerprint density at radius 1 is 1.60 bits per heavy atom. The molecule has 2 heterocycles. The van der Waals surface area contributed by atoms with Crippen molar-refractivity contribution in [2.24, 2.45) is 0 Å². The van der Waals surface area contributed by atoms with Gasteiger partial charge in [0.1, 0.15) is 5.82 Å². The first kappa shape index (κ1) is 10.7. The maximum absolute atomic E-state index is 4.52. The first-order chi connectivity index (χ1) is 7.36. The number of aryl methyl sites for hydroxylation is 1. The monoisotopic (exact) mass is 207 g/mol. The predicted molar refractivity (Wildman–Crippen MR) is 62.1 cm³/mol. The molecule has 1 aromatic heterocycles. The Morgan fingerprint density at radius 2 is 2.47 bits per heavy atom. The number of hydrogen-bond acceptors (Lipinski definition) is 2. The number of aromatic nitrogens is 2. The van der Waals surface area contributed by atoms with E-state index in [0.717, 1.165) is 18.9 Å². The zero-order valence-electron chi connectivity index (χ0n) is 9.79. The van der Waals surface area contributed by atoms with Crippen molar-refractivity contribution in [2.75, 3.05) is 13.6 Å². The molecule has 3 heteroatoms. The summed E-state index contributed by atoms with van der Waals surface area (Å²) in [7, 11) is 2.03.